The molecule has 2 aliphatic carbocycles. The number of carbonyl (C=O) groups is 1. The number of hydrogen-bond acceptors (Lipinski definition) is 4. The van der Waals surface area contributed by atoms with Gasteiger partial charge in [-0.2, -0.15) is 0 Å². The van der Waals surface area contributed by atoms with Gasteiger partial charge in [-0.15, -0.1) is 0 Å². The van der Waals surface area contributed by atoms with Crippen LogP contribution in [-0.4, -0.2) is 5.97 Å². The third-order valence-corrected chi connectivity index (χ3v) is 7.47. The van der Waals surface area contributed by atoms with Crippen LogP contribution in [0.15, 0.2) is 42.5 Å². The van der Waals surface area contributed by atoms with E-state index in [-0.39, 0.29) is 12.4 Å². The van der Waals surface area contributed by atoms with Crippen LogP contribution in [0.3, 0.4) is 0 Å². The number of ether oxygens (including phenoxy) is 1. The zero-order valence-corrected chi connectivity index (χ0v) is 18.7. The third-order valence-electron chi connectivity index (χ3n) is 7.47. The summed E-state index contributed by atoms with van der Waals surface area (Å²) in [6.45, 7) is 2.40. The molecule has 4 rings (SSSR count). The Morgan fingerprint density at radius 2 is 1.39 bits per heavy atom. The molecule has 0 bridgehead atoms. The van der Waals surface area contributed by atoms with Crippen molar-refractivity contribution in [2.24, 2.45) is 17.8 Å². The average Bonchev–Trinajstić information content (AvgIpc) is 2.74. The minimum atomic E-state index is -0.306. The van der Waals surface area contributed by atoms with Crippen LogP contribution in [0.5, 0.6) is 5.75 Å². The predicted octanol–water partition coefficient (Wildman–Crippen LogP) is 6.10. The highest BCUT2D eigenvalue weighted by atomic mass is 16.5. The van der Waals surface area contributed by atoms with E-state index in [1.54, 1.807) is 18.2 Å². The fourth-order valence-corrected chi connectivity index (χ4v) is 5.67. The first-order valence-corrected chi connectivity index (χ1v) is 11.9. The maximum atomic E-state index is 12.3. The van der Waals surface area contributed by atoms with Crippen LogP contribution in [0.25, 0.3) is 0 Å². The van der Waals surface area contributed by atoms with Crippen LogP contribution in [0.2, 0.25) is 0 Å². The molecule has 0 amide bonds. The maximum Gasteiger partial charge on any atom is 0.315 e. The largest absolute Gasteiger partial charge is 0.426 e. The molecule has 2 fully saturated rings. The van der Waals surface area contributed by atoms with Crippen molar-refractivity contribution in [2.75, 3.05) is 11.5 Å². The molecule has 2 saturated carbocycles. The highest BCUT2D eigenvalue weighted by Gasteiger charge is 2.30. The van der Waals surface area contributed by atoms with Gasteiger partial charge in [-0.25, -0.2) is 0 Å². The van der Waals surface area contributed by atoms with E-state index in [9.17, 15) is 4.79 Å². The second-order valence-electron chi connectivity index (χ2n) is 9.86. The van der Waals surface area contributed by atoms with Crippen LogP contribution in [0, 0.1) is 17.8 Å². The molecule has 0 spiro atoms. The number of carbonyl (C=O) groups excluding carboxylic acids is 1. The Labute approximate surface area is 186 Å². The summed E-state index contributed by atoms with van der Waals surface area (Å²) in [7, 11) is 0. The lowest BCUT2D eigenvalue weighted by Gasteiger charge is -2.37. The van der Waals surface area contributed by atoms with Crippen molar-refractivity contribution in [1.82, 2.24) is 0 Å². The Hall–Kier alpha value is -2.49. The van der Waals surface area contributed by atoms with Gasteiger partial charge in [0.25, 0.3) is 0 Å². The Morgan fingerprint density at radius 3 is 1.97 bits per heavy atom. The van der Waals surface area contributed by atoms with Crippen LogP contribution in [0.1, 0.15) is 75.3 Å². The van der Waals surface area contributed by atoms with Crippen molar-refractivity contribution >= 4 is 17.3 Å². The van der Waals surface area contributed by atoms with Crippen molar-refractivity contribution in [3.8, 4) is 5.75 Å². The number of esters is 1. The zero-order chi connectivity index (χ0) is 21.8. The second-order valence-corrected chi connectivity index (χ2v) is 9.86. The predicted molar refractivity (Wildman–Crippen MR) is 127 cm³/mol. The Kier molecular flexibility index (Phi) is 6.84. The van der Waals surface area contributed by atoms with Gasteiger partial charge in [-0.3, -0.25) is 4.79 Å². The second kappa shape index (κ2) is 9.76. The summed E-state index contributed by atoms with van der Waals surface area (Å²) in [5, 5.41) is 0. The minimum absolute atomic E-state index is 0.154. The van der Waals surface area contributed by atoms with Gasteiger partial charge >= 0.3 is 5.97 Å². The highest BCUT2D eigenvalue weighted by molar-refractivity contribution is 5.76. The van der Waals surface area contributed by atoms with E-state index in [1.807, 2.05) is 12.1 Å². The van der Waals surface area contributed by atoms with Crippen LogP contribution < -0.4 is 16.2 Å². The standard InChI is InChI=1S/C27H36N2O2/c1-18-2-4-20(5-3-18)21-6-8-22(9-7-21)23-10-12-26(13-11-23)31-27(30)16-19-14-24(28)17-25(29)15-19/h10-15,17-18,20-22H,2-9,16,28-29H2,1H3. The van der Waals surface area contributed by atoms with Gasteiger partial charge < -0.3 is 16.2 Å². The fraction of sp³-hybridized carbons (Fsp3) is 0.519. The molecule has 0 aromatic heterocycles. The number of benzene rings is 2. The van der Waals surface area contributed by atoms with Crippen LogP contribution in [-0.2, 0) is 11.2 Å². The topological polar surface area (TPSA) is 78.3 Å². The molecule has 0 saturated heterocycles. The molecular formula is C27H36N2O2. The molecule has 2 aliphatic rings. The SMILES string of the molecule is CC1CCC(C2CCC(c3ccc(OC(=O)Cc4cc(N)cc(N)c4)cc3)CC2)CC1. The lowest BCUT2D eigenvalue weighted by molar-refractivity contribution is -0.133. The van der Waals surface area contributed by atoms with E-state index >= 15 is 0 Å². The number of rotatable bonds is 5. The Bertz CT molecular complexity index is 856. The molecule has 2 aromatic rings. The molecular weight excluding hydrogens is 384 g/mol. The lowest BCUT2D eigenvalue weighted by Crippen LogP contribution is -2.24. The number of nitrogens with two attached hydrogens (primary N) is 2. The quantitative estimate of drug-likeness (QED) is 0.348. The highest BCUT2D eigenvalue weighted by Crippen LogP contribution is 2.43. The van der Waals surface area contributed by atoms with E-state index in [2.05, 4.69) is 19.1 Å². The van der Waals surface area contributed by atoms with Gasteiger partial charge in [0.1, 0.15) is 5.75 Å². The molecule has 2 aromatic carbocycles. The summed E-state index contributed by atoms with van der Waals surface area (Å²) in [5.41, 5.74) is 14.9. The molecule has 0 heterocycles. The van der Waals surface area contributed by atoms with Crippen LogP contribution in [0.4, 0.5) is 11.4 Å². The van der Waals surface area contributed by atoms with Gasteiger partial charge in [0.15, 0.2) is 0 Å². The van der Waals surface area contributed by atoms with Crippen molar-refractivity contribution in [1.29, 1.82) is 0 Å². The minimum Gasteiger partial charge on any atom is -0.426 e. The van der Waals surface area contributed by atoms with Gasteiger partial charge in [-0.1, -0.05) is 31.9 Å². The molecule has 0 aliphatic heterocycles. The Morgan fingerprint density at radius 1 is 0.839 bits per heavy atom. The zero-order valence-electron chi connectivity index (χ0n) is 18.7. The van der Waals surface area contributed by atoms with Crippen molar-refractivity contribution in [3.63, 3.8) is 0 Å². The smallest absolute Gasteiger partial charge is 0.315 e. The van der Waals surface area contributed by atoms with Crippen LogP contribution >= 0.6 is 0 Å². The van der Waals surface area contributed by atoms with Gasteiger partial charge in [0.05, 0.1) is 6.42 Å². The Balaban J connectivity index is 1.27. The summed E-state index contributed by atoms with van der Waals surface area (Å²) >= 11 is 0. The van der Waals surface area contributed by atoms with E-state index in [0.29, 0.717) is 23.0 Å². The first-order chi connectivity index (χ1) is 15.0. The van der Waals surface area contributed by atoms with E-state index < -0.39 is 0 Å². The fourth-order valence-electron chi connectivity index (χ4n) is 5.67. The summed E-state index contributed by atoms with van der Waals surface area (Å²) < 4.78 is 5.52. The summed E-state index contributed by atoms with van der Waals surface area (Å²) in [5.74, 6) is 3.76. The van der Waals surface area contributed by atoms with Gasteiger partial charge in [0, 0.05) is 11.4 Å². The maximum absolute atomic E-state index is 12.3. The molecule has 0 radical (unpaired) electrons. The number of anilines is 2. The molecule has 0 unspecified atom stereocenters. The van der Waals surface area contributed by atoms with Gasteiger partial charge in [0.2, 0.25) is 0 Å². The lowest BCUT2D eigenvalue weighted by atomic mass is 9.68. The normalized spacial score (nSPS) is 26.4. The van der Waals surface area contributed by atoms with Crippen molar-refractivity contribution in [2.45, 2.75) is 70.6 Å². The van der Waals surface area contributed by atoms with E-state index in [4.69, 9.17) is 16.2 Å². The summed E-state index contributed by atoms with van der Waals surface area (Å²) in [6.07, 6.45) is 11.2. The monoisotopic (exact) mass is 420 g/mol. The summed E-state index contributed by atoms with van der Waals surface area (Å²) in [6, 6.07) is 13.3. The van der Waals surface area contributed by atoms with E-state index in [0.717, 1.165) is 23.3 Å². The third kappa shape index (κ3) is 5.81. The molecule has 4 heteroatoms. The molecule has 0 atom stereocenters. The first-order valence-electron chi connectivity index (χ1n) is 11.9. The average molecular weight is 421 g/mol. The molecule has 31 heavy (non-hydrogen) atoms. The molecule has 166 valence electrons. The van der Waals surface area contributed by atoms with E-state index in [1.165, 1.54) is 56.9 Å². The van der Waals surface area contributed by atoms with Crippen molar-refractivity contribution < 1.29 is 9.53 Å². The number of nitrogen functional groups attached to an aromatic ring is 2. The van der Waals surface area contributed by atoms with Gasteiger partial charge in [-0.05, 0) is 104 Å². The summed E-state index contributed by atoms with van der Waals surface area (Å²) in [4.78, 5) is 12.3. The molecule has 4 nitrogen and oxygen atoms in total. The molecule has 4 N–H and O–H groups in total. The van der Waals surface area contributed by atoms with Crippen molar-refractivity contribution in [3.05, 3.63) is 53.6 Å². The first kappa shape index (κ1) is 21.7. The number of hydrogen-bond donors (Lipinski definition) is 2.